The smallest absolute Gasteiger partial charge is 0.203 e. The molecule has 0 radical (unpaired) electrons. The first-order chi connectivity index (χ1) is 15.8. The summed E-state index contributed by atoms with van der Waals surface area (Å²) in [5, 5.41) is 0. The van der Waals surface area contributed by atoms with Crippen LogP contribution < -0.4 is 33.2 Å². The Bertz CT molecular complexity index is 1140. The van der Waals surface area contributed by atoms with E-state index in [9.17, 15) is 0 Å². The Balaban J connectivity index is 1.99. The molecule has 0 aliphatic carbocycles. The average Bonchev–Trinajstić information content (AvgIpc) is 2.81. The normalized spacial score (nSPS) is 10.4. The molecule has 7 heteroatoms. The summed E-state index contributed by atoms with van der Waals surface area (Å²) in [5.74, 6) is 5.16. The SMILES string of the molecule is COc1cc(C)c(Oc2cc(OC)c(Oc3cc(C)cc(OC)c3OC)cc2C)cc1OC. The second-order valence-corrected chi connectivity index (χ2v) is 7.44. The molecule has 0 saturated carbocycles. The second-order valence-electron chi connectivity index (χ2n) is 7.44. The van der Waals surface area contributed by atoms with E-state index in [0.717, 1.165) is 16.7 Å². The fraction of sp³-hybridized carbons (Fsp3) is 0.308. The topological polar surface area (TPSA) is 64.6 Å². The number of methoxy groups -OCH3 is 5. The Hall–Kier alpha value is -3.74. The Kier molecular flexibility index (Phi) is 7.43. The van der Waals surface area contributed by atoms with Gasteiger partial charge in [0.1, 0.15) is 11.5 Å². The van der Waals surface area contributed by atoms with Crippen molar-refractivity contribution in [2.45, 2.75) is 20.8 Å². The van der Waals surface area contributed by atoms with Gasteiger partial charge in [0.05, 0.1) is 35.5 Å². The highest BCUT2D eigenvalue weighted by Crippen LogP contribution is 2.45. The van der Waals surface area contributed by atoms with Gasteiger partial charge in [0, 0.05) is 12.1 Å². The van der Waals surface area contributed by atoms with Gasteiger partial charge in [0.25, 0.3) is 0 Å². The van der Waals surface area contributed by atoms with Crippen LogP contribution in [0.3, 0.4) is 0 Å². The summed E-state index contributed by atoms with van der Waals surface area (Å²) in [7, 11) is 7.94. The van der Waals surface area contributed by atoms with Crippen LogP contribution in [0.4, 0.5) is 0 Å². The zero-order valence-electron chi connectivity index (χ0n) is 20.3. The van der Waals surface area contributed by atoms with E-state index in [1.807, 2.05) is 45.0 Å². The minimum absolute atomic E-state index is 0.504. The van der Waals surface area contributed by atoms with Crippen molar-refractivity contribution in [3.05, 3.63) is 53.1 Å². The molecule has 0 aliphatic rings. The van der Waals surface area contributed by atoms with Gasteiger partial charge in [-0.05, 0) is 61.7 Å². The molecule has 0 heterocycles. The van der Waals surface area contributed by atoms with Crippen LogP contribution in [-0.2, 0) is 0 Å². The highest BCUT2D eigenvalue weighted by molar-refractivity contribution is 5.59. The van der Waals surface area contributed by atoms with Gasteiger partial charge >= 0.3 is 0 Å². The van der Waals surface area contributed by atoms with Crippen LogP contribution in [-0.4, -0.2) is 35.5 Å². The molecule has 3 aromatic rings. The number of hydrogen-bond acceptors (Lipinski definition) is 7. The fourth-order valence-electron chi connectivity index (χ4n) is 3.44. The minimum Gasteiger partial charge on any atom is -0.493 e. The van der Waals surface area contributed by atoms with E-state index in [-0.39, 0.29) is 0 Å². The van der Waals surface area contributed by atoms with E-state index in [4.69, 9.17) is 33.2 Å². The molecule has 3 aromatic carbocycles. The molecular weight excluding hydrogens is 424 g/mol. The molecule has 0 spiro atoms. The van der Waals surface area contributed by atoms with Gasteiger partial charge in [0.2, 0.25) is 5.75 Å². The van der Waals surface area contributed by atoms with Crippen molar-refractivity contribution >= 4 is 0 Å². The van der Waals surface area contributed by atoms with E-state index >= 15 is 0 Å². The Labute approximate surface area is 194 Å². The van der Waals surface area contributed by atoms with Crippen LogP contribution in [0.1, 0.15) is 16.7 Å². The van der Waals surface area contributed by atoms with Gasteiger partial charge in [0.15, 0.2) is 34.5 Å². The van der Waals surface area contributed by atoms with Gasteiger partial charge in [-0.25, -0.2) is 0 Å². The Morgan fingerprint density at radius 1 is 0.394 bits per heavy atom. The van der Waals surface area contributed by atoms with Crippen LogP contribution >= 0.6 is 0 Å². The summed E-state index contributed by atoms with van der Waals surface area (Å²) in [6, 6.07) is 11.1. The molecular formula is C26H30O7. The van der Waals surface area contributed by atoms with Crippen molar-refractivity contribution < 1.29 is 33.2 Å². The zero-order valence-corrected chi connectivity index (χ0v) is 20.3. The molecule has 33 heavy (non-hydrogen) atoms. The van der Waals surface area contributed by atoms with Crippen molar-refractivity contribution in [2.75, 3.05) is 35.5 Å². The highest BCUT2D eigenvalue weighted by Gasteiger charge is 2.18. The molecule has 3 rings (SSSR count). The van der Waals surface area contributed by atoms with Crippen molar-refractivity contribution in [3.63, 3.8) is 0 Å². The number of ether oxygens (including phenoxy) is 7. The number of aryl methyl sites for hydroxylation is 3. The predicted molar refractivity (Wildman–Crippen MR) is 126 cm³/mol. The molecule has 0 aromatic heterocycles. The molecule has 0 bridgehead atoms. The van der Waals surface area contributed by atoms with Gasteiger partial charge in [-0.15, -0.1) is 0 Å². The molecule has 0 unspecified atom stereocenters. The molecule has 0 amide bonds. The van der Waals surface area contributed by atoms with Crippen molar-refractivity contribution in [2.24, 2.45) is 0 Å². The molecule has 0 saturated heterocycles. The first-order valence-corrected chi connectivity index (χ1v) is 10.3. The quantitative estimate of drug-likeness (QED) is 0.379. The molecule has 7 nitrogen and oxygen atoms in total. The first kappa shape index (κ1) is 23.9. The largest absolute Gasteiger partial charge is 0.493 e. The van der Waals surface area contributed by atoms with Crippen molar-refractivity contribution in [1.29, 1.82) is 0 Å². The van der Waals surface area contributed by atoms with Crippen molar-refractivity contribution in [1.82, 2.24) is 0 Å². The van der Waals surface area contributed by atoms with E-state index in [0.29, 0.717) is 51.7 Å². The maximum absolute atomic E-state index is 6.21. The van der Waals surface area contributed by atoms with Crippen LogP contribution in [0.5, 0.6) is 51.7 Å². The van der Waals surface area contributed by atoms with Crippen LogP contribution in [0, 0.1) is 20.8 Å². The van der Waals surface area contributed by atoms with Gasteiger partial charge in [-0.2, -0.15) is 0 Å². The molecule has 176 valence electrons. The summed E-state index contributed by atoms with van der Waals surface area (Å²) >= 11 is 0. The number of hydrogen-bond donors (Lipinski definition) is 0. The fourth-order valence-corrected chi connectivity index (χ4v) is 3.44. The number of benzene rings is 3. The van der Waals surface area contributed by atoms with Crippen LogP contribution in [0.15, 0.2) is 36.4 Å². The lowest BCUT2D eigenvalue weighted by Crippen LogP contribution is -1.99. The summed E-state index contributed by atoms with van der Waals surface area (Å²) < 4.78 is 39.7. The molecule has 0 atom stereocenters. The van der Waals surface area contributed by atoms with Gasteiger partial charge in [-0.3, -0.25) is 0 Å². The standard InChI is InChI=1S/C26H30O7/c1-15-9-24(30-7)26(31-8)25(10-15)33-23-12-17(3)19(14-22(23)29-6)32-18-13-21(28-5)20(27-4)11-16(18)2/h9-14H,1-8H3. The van der Waals surface area contributed by atoms with Crippen LogP contribution in [0.25, 0.3) is 0 Å². The predicted octanol–water partition coefficient (Wildman–Crippen LogP) is 6.24. The van der Waals surface area contributed by atoms with E-state index < -0.39 is 0 Å². The first-order valence-electron chi connectivity index (χ1n) is 10.3. The molecule has 0 aliphatic heterocycles. The van der Waals surface area contributed by atoms with E-state index in [1.54, 1.807) is 47.7 Å². The second kappa shape index (κ2) is 10.3. The maximum Gasteiger partial charge on any atom is 0.203 e. The van der Waals surface area contributed by atoms with Crippen molar-refractivity contribution in [3.8, 4) is 51.7 Å². The lowest BCUT2D eigenvalue weighted by atomic mass is 10.1. The monoisotopic (exact) mass is 454 g/mol. The van der Waals surface area contributed by atoms with E-state index in [2.05, 4.69) is 0 Å². The summed E-state index contributed by atoms with van der Waals surface area (Å²) in [4.78, 5) is 0. The maximum atomic E-state index is 6.21. The number of rotatable bonds is 9. The summed E-state index contributed by atoms with van der Waals surface area (Å²) in [5.41, 5.74) is 2.74. The van der Waals surface area contributed by atoms with Gasteiger partial charge < -0.3 is 33.2 Å². The minimum atomic E-state index is 0.504. The van der Waals surface area contributed by atoms with Gasteiger partial charge in [-0.1, -0.05) is 0 Å². The Morgan fingerprint density at radius 2 is 0.818 bits per heavy atom. The van der Waals surface area contributed by atoms with Crippen LogP contribution in [0.2, 0.25) is 0 Å². The Morgan fingerprint density at radius 3 is 1.33 bits per heavy atom. The zero-order chi connectivity index (χ0) is 24.1. The third kappa shape index (κ3) is 5.03. The average molecular weight is 455 g/mol. The molecule has 0 N–H and O–H groups in total. The lowest BCUT2D eigenvalue weighted by Gasteiger charge is -2.19. The third-order valence-electron chi connectivity index (χ3n) is 5.17. The van der Waals surface area contributed by atoms with E-state index in [1.165, 1.54) is 0 Å². The summed E-state index contributed by atoms with van der Waals surface area (Å²) in [6.45, 7) is 5.84. The summed E-state index contributed by atoms with van der Waals surface area (Å²) in [6.07, 6.45) is 0. The molecule has 0 fully saturated rings. The third-order valence-corrected chi connectivity index (χ3v) is 5.17. The lowest BCUT2D eigenvalue weighted by molar-refractivity contribution is 0.328. The highest BCUT2D eigenvalue weighted by atomic mass is 16.5.